The van der Waals surface area contributed by atoms with Crippen LogP contribution < -0.4 is 10.1 Å². The molecule has 6 nitrogen and oxygen atoms in total. The molecule has 1 aliphatic rings. The fraction of sp³-hybridized carbons (Fsp3) is 0.136. The topological polar surface area (TPSA) is 79.9 Å². The third-order valence-corrected chi connectivity index (χ3v) is 4.96. The van der Waals surface area contributed by atoms with Crippen LogP contribution in [-0.4, -0.2) is 33.8 Å². The van der Waals surface area contributed by atoms with E-state index in [1.54, 1.807) is 30.5 Å². The minimum Gasteiger partial charge on any atom is -0.439 e. The molecule has 1 fully saturated rings. The van der Waals surface area contributed by atoms with Crippen molar-refractivity contribution in [1.29, 1.82) is 0 Å². The zero-order valence-corrected chi connectivity index (χ0v) is 15.1. The summed E-state index contributed by atoms with van der Waals surface area (Å²) >= 11 is 0. The molecule has 0 bridgehead atoms. The van der Waals surface area contributed by atoms with Gasteiger partial charge in [0.05, 0.1) is 11.0 Å². The maximum absolute atomic E-state index is 12.7. The number of imidazole rings is 1. The molecule has 0 unspecified atom stereocenters. The Morgan fingerprint density at radius 2 is 1.82 bits per heavy atom. The van der Waals surface area contributed by atoms with Gasteiger partial charge in [-0.1, -0.05) is 18.2 Å². The van der Waals surface area contributed by atoms with Crippen molar-refractivity contribution in [2.24, 2.45) is 0 Å². The van der Waals surface area contributed by atoms with E-state index < -0.39 is 0 Å². The summed E-state index contributed by atoms with van der Waals surface area (Å²) in [7, 11) is 0. The Balaban J connectivity index is 1.36. The number of aromatic nitrogens is 3. The van der Waals surface area contributed by atoms with Crippen LogP contribution in [0, 0.1) is 0 Å². The van der Waals surface area contributed by atoms with E-state index in [9.17, 15) is 4.79 Å². The summed E-state index contributed by atoms with van der Waals surface area (Å²) in [5.74, 6) is 1.87. The zero-order valence-electron chi connectivity index (χ0n) is 15.1. The monoisotopic (exact) mass is 370 g/mol. The second-order valence-corrected chi connectivity index (χ2v) is 6.81. The first-order chi connectivity index (χ1) is 13.8. The Morgan fingerprint density at radius 1 is 1.00 bits per heavy atom. The van der Waals surface area contributed by atoms with E-state index in [2.05, 4.69) is 20.3 Å². The molecular weight excluding hydrogens is 352 g/mol. The van der Waals surface area contributed by atoms with Crippen molar-refractivity contribution in [3.63, 3.8) is 0 Å². The number of aromatic amines is 1. The quantitative estimate of drug-likeness (QED) is 0.524. The van der Waals surface area contributed by atoms with Crippen LogP contribution in [0.15, 0.2) is 66.9 Å². The predicted octanol–water partition coefficient (Wildman–Crippen LogP) is 3.67. The van der Waals surface area contributed by atoms with Gasteiger partial charge in [0.1, 0.15) is 5.75 Å². The summed E-state index contributed by atoms with van der Waals surface area (Å²) in [6.45, 7) is 1.87. The van der Waals surface area contributed by atoms with Gasteiger partial charge in [-0.25, -0.2) is 9.97 Å². The molecule has 2 aromatic carbocycles. The predicted molar refractivity (Wildman–Crippen MR) is 106 cm³/mol. The Morgan fingerprint density at radius 3 is 2.57 bits per heavy atom. The zero-order chi connectivity index (χ0) is 18.9. The summed E-state index contributed by atoms with van der Waals surface area (Å²) in [4.78, 5) is 24.5. The van der Waals surface area contributed by atoms with Gasteiger partial charge in [-0.2, -0.15) is 0 Å². The number of rotatable bonds is 5. The molecule has 1 saturated heterocycles. The minimum absolute atomic E-state index is 0.151. The highest BCUT2D eigenvalue weighted by Crippen LogP contribution is 2.30. The number of ether oxygens (including phenoxy) is 1. The molecule has 4 aromatic rings. The third-order valence-electron chi connectivity index (χ3n) is 4.96. The molecule has 0 saturated carbocycles. The van der Waals surface area contributed by atoms with Gasteiger partial charge >= 0.3 is 0 Å². The summed E-state index contributed by atoms with van der Waals surface area (Å²) in [5, 5.41) is 3.27. The number of carbonyl (C=O) groups is 1. The molecule has 0 atom stereocenters. The van der Waals surface area contributed by atoms with Gasteiger partial charge in [-0.05, 0) is 42.5 Å². The largest absolute Gasteiger partial charge is 0.439 e. The van der Waals surface area contributed by atoms with E-state index in [1.165, 1.54) is 0 Å². The number of nitrogens with zero attached hydrogens (tertiary/aromatic N) is 2. The molecule has 0 amide bonds. The van der Waals surface area contributed by atoms with Crippen molar-refractivity contribution in [1.82, 2.24) is 20.3 Å². The number of hydrogen-bond acceptors (Lipinski definition) is 5. The van der Waals surface area contributed by atoms with Gasteiger partial charge in [0.25, 0.3) is 0 Å². The first-order valence-corrected chi connectivity index (χ1v) is 9.21. The Bertz CT molecular complexity index is 1110. The van der Waals surface area contributed by atoms with Crippen molar-refractivity contribution in [3.8, 4) is 11.6 Å². The third kappa shape index (κ3) is 3.04. The van der Waals surface area contributed by atoms with E-state index in [1.807, 2.05) is 36.4 Å². The maximum Gasteiger partial charge on any atom is 0.228 e. The lowest BCUT2D eigenvalue weighted by Crippen LogP contribution is -2.40. The van der Waals surface area contributed by atoms with E-state index in [-0.39, 0.29) is 5.78 Å². The molecule has 2 aromatic heterocycles. The number of pyridine rings is 1. The Kier molecular flexibility index (Phi) is 4.10. The van der Waals surface area contributed by atoms with Crippen LogP contribution in [0.3, 0.4) is 0 Å². The Hall–Kier alpha value is -3.51. The average Bonchev–Trinajstić information content (AvgIpc) is 3.12. The normalized spacial score (nSPS) is 14.0. The van der Waals surface area contributed by atoms with Gasteiger partial charge in [-0.3, -0.25) is 4.79 Å². The van der Waals surface area contributed by atoms with Gasteiger partial charge in [0, 0.05) is 36.3 Å². The van der Waals surface area contributed by atoms with Crippen molar-refractivity contribution in [2.75, 3.05) is 13.1 Å². The van der Waals surface area contributed by atoms with Gasteiger partial charge in [-0.15, -0.1) is 0 Å². The number of fused-ring (bicyclic) bond motifs is 1. The van der Waals surface area contributed by atoms with Crippen molar-refractivity contribution in [3.05, 3.63) is 83.8 Å². The highest BCUT2D eigenvalue weighted by atomic mass is 16.5. The lowest BCUT2D eigenvalue weighted by Gasteiger charge is -2.28. The number of H-pyrrole nitrogens is 1. The van der Waals surface area contributed by atoms with E-state index in [0.29, 0.717) is 28.9 Å². The van der Waals surface area contributed by atoms with Gasteiger partial charge < -0.3 is 15.0 Å². The number of ketones is 1. The Labute approximate surface area is 161 Å². The lowest BCUT2D eigenvalue weighted by molar-refractivity contribution is 0.103. The highest BCUT2D eigenvalue weighted by Gasteiger charge is 2.23. The maximum atomic E-state index is 12.7. The first kappa shape index (κ1) is 16.6. The van der Waals surface area contributed by atoms with Crippen LogP contribution in [0.25, 0.3) is 11.0 Å². The summed E-state index contributed by atoms with van der Waals surface area (Å²) in [6.07, 6.45) is 1.73. The van der Waals surface area contributed by atoms with Crippen LogP contribution in [-0.2, 0) is 0 Å². The van der Waals surface area contributed by atoms with Crippen LogP contribution >= 0.6 is 0 Å². The van der Waals surface area contributed by atoms with Crippen molar-refractivity contribution < 1.29 is 9.53 Å². The number of para-hydroxylation sites is 2. The first-order valence-electron chi connectivity index (χ1n) is 9.21. The summed E-state index contributed by atoms with van der Waals surface area (Å²) in [5.41, 5.74) is 3.28. The molecule has 6 heteroatoms. The van der Waals surface area contributed by atoms with Crippen LogP contribution in [0.1, 0.15) is 27.7 Å². The van der Waals surface area contributed by atoms with E-state index in [0.717, 1.165) is 29.7 Å². The molecule has 138 valence electrons. The van der Waals surface area contributed by atoms with Crippen LogP contribution in [0.4, 0.5) is 0 Å². The molecule has 0 radical (unpaired) electrons. The SMILES string of the molecule is O=C(c1ccc(Oc2ncccc2C2CNC2)cc1)c1nc2ccccc2[nH]1. The molecular formula is C22H18N4O2. The number of hydrogen-bond donors (Lipinski definition) is 2. The molecule has 0 aliphatic carbocycles. The van der Waals surface area contributed by atoms with E-state index in [4.69, 9.17) is 4.74 Å². The minimum atomic E-state index is -0.151. The molecule has 5 rings (SSSR count). The number of carbonyl (C=O) groups excluding carboxylic acids is 1. The second kappa shape index (κ2) is 6.90. The van der Waals surface area contributed by atoms with Crippen molar-refractivity contribution >= 4 is 16.8 Å². The number of nitrogens with one attached hydrogen (secondary N) is 2. The summed E-state index contributed by atoms with van der Waals surface area (Å²) in [6, 6.07) is 18.6. The second-order valence-electron chi connectivity index (χ2n) is 6.81. The molecule has 2 N–H and O–H groups in total. The van der Waals surface area contributed by atoms with Gasteiger partial charge in [0.15, 0.2) is 5.82 Å². The molecule has 1 aliphatic heterocycles. The number of benzene rings is 2. The standard InChI is InChI=1S/C22H18N4O2/c27-20(21-25-18-5-1-2-6-19(18)26-21)14-7-9-16(10-8-14)28-22-17(4-3-11-24-22)15-12-23-13-15/h1-11,15,23H,12-13H2,(H,25,26). The lowest BCUT2D eigenvalue weighted by atomic mass is 9.95. The fourth-order valence-electron chi connectivity index (χ4n) is 3.29. The average molecular weight is 370 g/mol. The van der Waals surface area contributed by atoms with Crippen molar-refractivity contribution in [2.45, 2.75) is 5.92 Å². The van der Waals surface area contributed by atoms with Crippen LogP contribution in [0.5, 0.6) is 11.6 Å². The highest BCUT2D eigenvalue weighted by molar-refractivity contribution is 6.08. The molecule has 0 spiro atoms. The summed E-state index contributed by atoms with van der Waals surface area (Å²) < 4.78 is 5.98. The van der Waals surface area contributed by atoms with Gasteiger partial charge in [0.2, 0.25) is 11.7 Å². The fourth-order valence-corrected chi connectivity index (χ4v) is 3.29. The van der Waals surface area contributed by atoms with E-state index >= 15 is 0 Å². The smallest absolute Gasteiger partial charge is 0.228 e. The molecule has 3 heterocycles. The van der Waals surface area contributed by atoms with Crippen LogP contribution in [0.2, 0.25) is 0 Å². The molecule has 28 heavy (non-hydrogen) atoms.